The van der Waals surface area contributed by atoms with Gasteiger partial charge in [0, 0.05) is 33.1 Å². The molecule has 1 heterocycles. The number of rotatable bonds is 7. The maximum atomic E-state index is 11.9. The maximum Gasteiger partial charge on any atom is 0.231 e. The Bertz CT molecular complexity index is 799. The molecule has 3 N–H and O–H groups in total. The third-order valence-electron chi connectivity index (χ3n) is 4.10. The molecular weight excluding hydrogens is 471 g/mol. The van der Waals surface area contributed by atoms with Gasteiger partial charge >= 0.3 is 0 Å². The van der Waals surface area contributed by atoms with E-state index in [1.807, 2.05) is 48.5 Å². The second-order valence-corrected chi connectivity index (χ2v) is 6.05. The third kappa shape index (κ3) is 6.59. The first-order valence-corrected chi connectivity index (χ1v) is 8.88. The van der Waals surface area contributed by atoms with Crippen molar-refractivity contribution in [1.82, 2.24) is 16.0 Å². The van der Waals surface area contributed by atoms with Crippen molar-refractivity contribution in [3.63, 3.8) is 0 Å². The molecule has 1 aliphatic heterocycles. The molecule has 0 aliphatic carbocycles. The molecule has 0 atom stereocenters. The molecule has 28 heavy (non-hydrogen) atoms. The Morgan fingerprint density at radius 3 is 2.50 bits per heavy atom. The summed E-state index contributed by atoms with van der Waals surface area (Å²) in [6.45, 7) is 1.90. The molecule has 0 aromatic heterocycles. The Morgan fingerprint density at radius 1 is 0.964 bits per heavy atom. The number of amides is 1. The lowest BCUT2D eigenvalue weighted by Gasteiger charge is -2.12. The van der Waals surface area contributed by atoms with Crippen molar-refractivity contribution in [2.45, 2.75) is 19.5 Å². The predicted molar refractivity (Wildman–Crippen MR) is 119 cm³/mol. The van der Waals surface area contributed by atoms with E-state index in [9.17, 15) is 4.79 Å². The maximum absolute atomic E-state index is 11.9. The van der Waals surface area contributed by atoms with E-state index in [1.165, 1.54) is 0 Å². The van der Waals surface area contributed by atoms with Gasteiger partial charge in [-0.1, -0.05) is 36.4 Å². The van der Waals surface area contributed by atoms with Gasteiger partial charge in [0.15, 0.2) is 17.5 Å². The van der Waals surface area contributed by atoms with Crippen molar-refractivity contribution in [3.8, 4) is 11.5 Å². The van der Waals surface area contributed by atoms with E-state index in [2.05, 4.69) is 20.9 Å². The first kappa shape index (κ1) is 21.8. The molecule has 0 saturated carbocycles. The number of hydrogen-bond donors (Lipinski definition) is 3. The Labute approximate surface area is 181 Å². The first-order valence-electron chi connectivity index (χ1n) is 8.88. The summed E-state index contributed by atoms with van der Waals surface area (Å²) in [7, 11) is 1.70. The highest BCUT2D eigenvalue weighted by Crippen LogP contribution is 2.32. The van der Waals surface area contributed by atoms with E-state index >= 15 is 0 Å². The number of halogens is 1. The van der Waals surface area contributed by atoms with Gasteiger partial charge in [-0.15, -0.1) is 24.0 Å². The van der Waals surface area contributed by atoms with Crippen molar-refractivity contribution in [1.29, 1.82) is 0 Å². The molecule has 0 bridgehead atoms. The van der Waals surface area contributed by atoms with Gasteiger partial charge in [0.05, 0.1) is 0 Å². The molecule has 7 nitrogen and oxygen atoms in total. The number of nitrogens with one attached hydrogen (secondary N) is 3. The fourth-order valence-corrected chi connectivity index (χ4v) is 2.64. The molecule has 1 aliphatic rings. The van der Waals surface area contributed by atoms with Crippen LogP contribution in [0.4, 0.5) is 0 Å². The van der Waals surface area contributed by atoms with Crippen LogP contribution in [0.5, 0.6) is 11.5 Å². The van der Waals surface area contributed by atoms with Gasteiger partial charge in [0.25, 0.3) is 0 Å². The van der Waals surface area contributed by atoms with E-state index in [0.717, 1.165) is 22.6 Å². The summed E-state index contributed by atoms with van der Waals surface area (Å²) in [5.74, 6) is 2.16. The van der Waals surface area contributed by atoms with Crippen LogP contribution in [0, 0.1) is 0 Å². The minimum absolute atomic E-state index is 0. The summed E-state index contributed by atoms with van der Waals surface area (Å²) in [6.07, 6.45) is 0.373. The Kier molecular flexibility index (Phi) is 8.86. The number of aliphatic imine (C=N–C) groups is 1. The van der Waals surface area contributed by atoms with Crippen LogP contribution in [-0.2, 0) is 17.9 Å². The Morgan fingerprint density at radius 2 is 1.71 bits per heavy atom. The van der Waals surface area contributed by atoms with Crippen LogP contribution in [-0.4, -0.2) is 32.3 Å². The zero-order chi connectivity index (χ0) is 18.9. The normalized spacial score (nSPS) is 12.1. The molecule has 1 amide bonds. The standard InChI is InChI=1S/C20H24N4O3.HI/c1-21-20(24-13-16-7-8-17-18(11-16)27-14-26-17)22-10-9-19(25)23-12-15-5-3-2-4-6-15;/h2-8,11H,9-10,12-14H2,1H3,(H,23,25)(H2,21,22,24);1H. The van der Waals surface area contributed by atoms with Crippen molar-refractivity contribution < 1.29 is 14.3 Å². The molecule has 0 spiro atoms. The largest absolute Gasteiger partial charge is 0.454 e. The Balaban J connectivity index is 0.00000280. The van der Waals surface area contributed by atoms with Gasteiger partial charge in [-0.05, 0) is 23.3 Å². The molecule has 8 heteroatoms. The monoisotopic (exact) mass is 496 g/mol. The summed E-state index contributed by atoms with van der Waals surface area (Å²) in [4.78, 5) is 16.1. The number of fused-ring (bicyclic) bond motifs is 1. The second kappa shape index (κ2) is 11.4. The van der Waals surface area contributed by atoms with Crippen LogP contribution in [0.3, 0.4) is 0 Å². The fourth-order valence-electron chi connectivity index (χ4n) is 2.64. The highest BCUT2D eigenvalue weighted by molar-refractivity contribution is 14.0. The van der Waals surface area contributed by atoms with Crippen LogP contribution < -0.4 is 25.4 Å². The van der Waals surface area contributed by atoms with E-state index in [0.29, 0.717) is 32.0 Å². The molecule has 0 fully saturated rings. The summed E-state index contributed by atoms with van der Waals surface area (Å²) in [5.41, 5.74) is 2.14. The first-order chi connectivity index (χ1) is 13.2. The zero-order valence-electron chi connectivity index (χ0n) is 15.7. The minimum Gasteiger partial charge on any atom is -0.454 e. The molecule has 150 valence electrons. The quantitative estimate of drug-likeness (QED) is 0.312. The number of nitrogens with zero attached hydrogens (tertiary/aromatic N) is 1. The number of benzene rings is 2. The number of hydrogen-bond acceptors (Lipinski definition) is 4. The van der Waals surface area contributed by atoms with Crippen molar-refractivity contribution >= 4 is 35.8 Å². The van der Waals surface area contributed by atoms with Gasteiger partial charge in [-0.2, -0.15) is 0 Å². The average molecular weight is 496 g/mol. The fraction of sp³-hybridized carbons (Fsp3) is 0.300. The van der Waals surface area contributed by atoms with Gasteiger partial charge in [-0.25, -0.2) is 0 Å². The highest BCUT2D eigenvalue weighted by Gasteiger charge is 2.13. The molecule has 0 unspecified atom stereocenters. The summed E-state index contributed by atoms with van der Waals surface area (Å²) in [5, 5.41) is 9.27. The van der Waals surface area contributed by atoms with E-state index in [1.54, 1.807) is 7.05 Å². The molecule has 2 aromatic carbocycles. The lowest BCUT2D eigenvalue weighted by molar-refractivity contribution is -0.121. The van der Waals surface area contributed by atoms with Crippen molar-refractivity contribution in [2.24, 2.45) is 4.99 Å². The van der Waals surface area contributed by atoms with Crippen molar-refractivity contribution in [2.75, 3.05) is 20.4 Å². The van der Waals surface area contributed by atoms with Crippen LogP contribution >= 0.6 is 24.0 Å². The Hall–Kier alpha value is -2.49. The summed E-state index contributed by atoms with van der Waals surface area (Å²) < 4.78 is 10.7. The zero-order valence-corrected chi connectivity index (χ0v) is 18.1. The lowest BCUT2D eigenvalue weighted by atomic mass is 10.2. The SMILES string of the molecule is CN=C(NCCC(=O)NCc1ccccc1)NCc1ccc2c(c1)OCO2.I. The third-order valence-corrected chi connectivity index (χ3v) is 4.10. The number of carbonyl (C=O) groups is 1. The molecule has 3 rings (SSSR count). The summed E-state index contributed by atoms with van der Waals surface area (Å²) in [6, 6.07) is 15.7. The van der Waals surface area contributed by atoms with Gasteiger partial charge in [-0.3, -0.25) is 9.79 Å². The molecule has 0 radical (unpaired) electrons. The molecule has 2 aromatic rings. The van der Waals surface area contributed by atoms with E-state index < -0.39 is 0 Å². The minimum atomic E-state index is -0.00224. The second-order valence-electron chi connectivity index (χ2n) is 6.05. The molecular formula is C20H25IN4O3. The lowest BCUT2D eigenvalue weighted by Crippen LogP contribution is -2.38. The smallest absolute Gasteiger partial charge is 0.231 e. The van der Waals surface area contributed by atoms with E-state index in [-0.39, 0.29) is 36.7 Å². The van der Waals surface area contributed by atoms with Gasteiger partial charge in [0.2, 0.25) is 12.7 Å². The highest BCUT2D eigenvalue weighted by atomic mass is 127. The van der Waals surface area contributed by atoms with Crippen LogP contribution in [0.15, 0.2) is 53.5 Å². The topological polar surface area (TPSA) is 84.0 Å². The van der Waals surface area contributed by atoms with Gasteiger partial charge in [0.1, 0.15) is 0 Å². The van der Waals surface area contributed by atoms with Crippen LogP contribution in [0.2, 0.25) is 0 Å². The summed E-state index contributed by atoms with van der Waals surface area (Å²) >= 11 is 0. The van der Waals surface area contributed by atoms with E-state index in [4.69, 9.17) is 9.47 Å². The number of guanidine groups is 1. The average Bonchev–Trinajstić information content (AvgIpc) is 3.17. The molecule has 0 saturated heterocycles. The van der Waals surface area contributed by atoms with Crippen LogP contribution in [0.1, 0.15) is 17.5 Å². The number of carbonyl (C=O) groups excluding carboxylic acids is 1. The van der Waals surface area contributed by atoms with Crippen LogP contribution in [0.25, 0.3) is 0 Å². The number of ether oxygens (including phenoxy) is 2. The predicted octanol–water partition coefficient (Wildman–Crippen LogP) is 2.40. The van der Waals surface area contributed by atoms with Crippen molar-refractivity contribution in [3.05, 3.63) is 59.7 Å². The van der Waals surface area contributed by atoms with Gasteiger partial charge < -0.3 is 25.4 Å².